The number of amides is 1. The third kappa shape index (κ3) is 3.80. The van der Waals surface area contributed by atoms with Gasteiger partial charge >= 0.3 is 0 Å². The summed E-state index contributed by atoms with van der Waals surface area (Å²) in [6.45, 7) is 0.682. The van der Waals surface area contributed by atoms with Crippen molar-refractivity contribution < 1.29 is 9.18 Å². The Kier molecular flexibility index (Phi) is 4.12. The first kappa shape index (κ1) is 13.1. The second-order valence-electron chi connectivity index (χ2n) is 4.08. The average molecular weight is 262 g/mol. The molecule has 0 aliphatic rings. The van der Waals surface area contributed by atoms with E-state index in [1.165, 1.54) is 16.8 Å². The van der Waals surface area contributed by atoms with Gasteiger partial charge in [0.1, 0.15) is 12.4 Å². The highest BCUT2D eigenvalue weighted by molar-refractivity contribution is 5.75. The van der Waals surface area contributed by atoms with Crippen LogP contribution in [0.15, 0.2) is 36.7 Å². The summed E-state index contributed by atoms with van der Waals surface area (Å²) in [5.41, 5.74) is 1.63. The molecule has 1 aromatic carbocycles. The molecule has 1 amide bonds. The zero-order chi connectivity index (χ0) is 13.7. The highest BCUT2D eigenvalue weighted by Gasteiger charge is 2.03. The first-order valence-electron chi connectivity index (χ1n) is 5.89. The van der Waals surface area contributed by atoms with Crippen molar-refractivity contribution in [1.82, 2.24) is 15.1 Å². The molecule has 0 spiro atoms. The summed E-state index contributed by atoms with van der Waals surface area (Å²) in [4.78, 5) is 11.2. The summed E-state index contributed by atoms with van der Waals surface area (Å²) in [6.07, 6.45) is 3.36. The van der Waals surface area contributed by atoms with Crippen molar-refractivity contribution in [3.8, 4) is 0 Å². The van der Waals surface area contributed by atoms with Crippen LogP contribution in [0.5, 0.6) is 0 Å². The van der Waals surface area contributed by atoms with Gasteiger partial charge in [-0.25, -0.2) is 4.39 Å². The molecule has 0 fully saturated rings. The third-order valence-electron chi connectivity index (χ3n) is 2.60. The number of nitrogens with zero attached hydrogens (tertiary/aromatic N) is 2. The van der Waals surface area contributed by atoms with Crippen molar-refractivity contribution in [1.29, 1.82) is 0 Å². The zero-order valence-electron chi connectivity index (χ0n) is 10.6. The lowest BCUT2D eigenvalue weighted by Crippen LogP contribution is -2.23. The maximum Gasteiger partial charge on any atom is 0.241 e. The number of rotatable bonds is 5. The Bertz CT molecular complexity index is 567. The first-order chi connectivity index (χ1) is 9.17. The normalized spacial score (nSPS) is 10.2. The standard InChI is InChI=1S/C13H15FN4O/c1-15-13(19)9-18-8-12(7-17-18)16-6-10-3-2-4-11(14)5-10/h2-5,7-8,16H,6,9H2,1H3,(H,15,19). The van der Waals surface area contributed by atoms with E-state index in [9.17, 15) is 9.18 Å². The molecule has 0 saturated carbocycles. The number of carbonyl (C=O) groups is 1. The minimum atomic E-state index is -0.255. The van der Waals surface area contributed by atoms with Crippen molar-refractivity contribution >= 4 is 11.6 Å². The number of aromatic nitrogens is 2. The van der Waals surface area contributed by atoms with Crippen molar-refractivity contribution in [2.24, 2.45) is 0 Å². The number of carbonyl (C=O) groups excluding carboxylic acids is 1. The van der Waals surface area contributed by atoms with Crippen LogP contribution in [-0.4, -0.2) is 22.7 Å². The minimum Gasteiger partial charge on any atom is -0.378 e. The van der Waals surface area contributed by atoms with Gasteiger partial charge in [-0.05, 0) is 17.7 Å². The summed E-state index contributed by atoms with van der Waals surface area (Å²) < 4.78 is 14.5. The van der Waals surface area contributed by atoms with E-state index < -0.39 is 0 Å². The van der Waals surface area contributed by atoms with Crippen LogP contribution in [0.4, 0.5) is 10.1 Å². The van der Waals surface area contributed by atoms with Crippen LogP contribution in [0.3, 0.4) is 0 Å². The number of likely N-dealkylation sites (N-methyl/N-ethyl adjacent to an activating group) is 1. The molecule has 0 aliphatic heterocycles. The van der Waals surface area contributed by atoms with Crippen LogP contribution < -0.4 is 10.6 Å². The monoisotopic (exact) mass is 262 g/mol. The molecule has 0 bridgehead atoms. The fourth-order valence-electron chi connectivity index (χ4n) is 1.62. The molecule has 2 N–H and O–H groups in total. The number of benzene rings is 1. The highest BCUT2D eigenvalue weighted by Crippen LogP contribution is 2.09. The zero-order valence-corrected chi connectivity index (χ0v) is 10.6. The molecule has 0 aliphatic carbocycles. The highest BCUT2D eigenvalue weighted by atomic mass is 19.1. The molecule has 2 aromatic rings. The van der Waals surface area contributed by atoms with E-state index in [4.69, 9.17) is 0 Å². The van der Waals surface area contributed by atoms with Gasteiger partial charge in [-0.15, -0.1) is 0 Å². The molecule has 1 heterocycles. The fourth-order valence-corrected chi connectivity index (χ4v) is 1.62. The Morgan fingerprint density at radius 3 is 3.05 bits per heavy atom. The van der Waals surface area contributed by atoms with E-state index in [2.05, 4.69) is 15.7 Å². The molecule has 5 nitrogen and oxygen atoms in total. The number of anilines is 1. The van der Waals surface area contributed by atoms with E-state index >= 15 is 0 Å². The van der Waals surface area contributed by atoms with Gasteiger partial charge in [0.25, 0.3) is 0 Å². The third-order valence-corrected chi connectivity index (χ3v) is 2.60. The van der Waals surface area contributed by atoms with Crippen LogP contribution in [0.25, 0.3) is 0 Å². The quantitative estimate of drug-likeness (QED) is 0.856. The summed E-state index contributed by atoms with van der Waals surface area (Å²) in [6, 6.07) is 6.39. The lowest BCUT2D eigenvalue weighted by molar-refractivity contribution is -0.121. The summed E-state index contributed by atoms with van der Waals surface area (Å²) in [5.74, 6) is -0.366. The largest absolute Gasteiger partial charge is 0.378 e. The number of nitrogens with one attached hydrogen (secondary N) is 2. The van der Waals surface area contributed by atoms with Crippen LogP contribution >= 0.6 is 0 Å². The van der Waals surface area contributed by atoms with Gasteiger partial charge in [-0.1, -0.05) is 12.1 Å². The van der Waals surface area contributed by atoms with Gasteiger partial charge in [-0.2, -0.15) is 5.10 Å². The van der Waals surface area contributed by atoms with Crippen molar-refractivity contribution in [3.05, 3.63) is 48.0 Å². The molecular formula is C13H15FN4O. The van der Waals surface area contributed by atoms with Crippen LogP contribution in [0.1, 0.15) is 5.56 Å². The summed E-state index contributed by atoms with van der Waals surface area (Å²) in [7, 11) is 1.58. The number of hydrogen-bond donors (Lipinski definition) is 2. The summed E-state index contributed by atoms with van der Waals surface area (Å²) in [5, 5.41) is 9.70. The average Bonchev–Trinajstić information content (AvgIpc) is 2.84. The fraction of sp³-hybridized carbons (Fsp3) is 0.231. The smallest absolute Gasteiger partial charge is 0.241 e. The second-order valence-corrected chi connectivity index (χ2v) is 4.08. The van der Waals surface area contributed by atoms with E-state index in [1.807, 2.05) is 6.07 Å². The van der Waals surface area contributed by atoms with Crippen LogP contribution in [0.2, 0.25) is 0 Å². The second kappa shape index (κ2) is 5.99. The topological polar surface area (TPSA) is 59.0 Å². The van der Waals surface area contributed by atoms with Gasteiger partial charge in [0.15, 0.2) is 0 Å². The SMILES string of the molecule is CNC(=O)Cn1cc(NCc2cccc(F)c2)cn1. The van der Waals surface area contributed by atoms with Crippen LogP contribution in [-0.2, 0) is 17.9 Å². The Balaban J connectivity index is 1.91. The molecular weight excluding hydrogens is 247 g/mol. The van der Waals surface area contributed by atoms with E-state index in [1.54, 1.807) is 25.5 Å². The Hall–Kier alpha value is -2.37. The van der Waals surface area contributed by atoms with Crippen molar-refractivity contribution in [2.45, 2.75) is 13.1 Å². The van der Waals surface area contributed by atoms with Gasteiger partial charge < -0.3 is 10.6 Å². The van der Waals surface area contributed by atoms with Gasteiger partial charge in [-0.3, -0.25) is 9.48 Å². The predicted octanol–water partition coefficient (Wildman–Crippen LogP) is 1.38. The molecule has 0 radical (unpaired) electrons. The lowest BCUT2D eigenvalue weighted by atomic mass is 10.2. The van der Waals surface area contributed by atoms with Gasteiger partial charge in [0.2, 0.25) is 5.91 Å². The molecule has 0 atom stereocenters. The summed E-state index contributed by atoms with van der Waals surface area (Å²) >= 11 is 0. The van der Waals surface area contributed by atoms with E-state index in [0.29, 0.717) is 6.54 Å². The van der Waals surface area contributed by atoms with E-state index in [0.717, 1.165) is 11.3 Å². The number of halogens is 1. The molecule has 19 heavy (non-hydrogen) atoms. The maximum absolute atomic E-state index is 13.0. The first-order valence-corrected chi connectivity index (χ1v) is 5.89. The van der Waals surface area contributed by atoms with Crippen molar-refractivity contribution in [3.63, 3.8) is 0 Å². The number of hydrogen-bond acceptors (Lipinski definition) is 3. The molecule has 1 aromatic heterocycles. The Morgan fingerprint density at radius 2 is 2.32 bits per heavy atom. The Labute approximate surface area is 110 Å². The van der Waals surface area contributed by atoms with E-state index in [-0.39, 0.29) is 18.3 Å². The predicted molar refractivity (Wildman–Crippen MR) is 70.0 cm³/mol. The molecule has 100 valence electrons. The molecule has 0 unspecified atom stereocenters. The molecule has 2 rings (SSSR count). The lowest BCUT2D eigenvalue weighted by Gasteiger charge is -2.03. The van der Waals surface area contributed by atoms with Crippen molar-refractivity contribution in [2.75, 3.05) is 12.4 Å². The molecule has 0 saturated heterocycles. The van der Waals surface area contributed by atoms with Gasteiger partial charge in [0, 0.05) is 19.8 Å². The molecule has 6 heteroatoms. The minimum absolute atomic E-state index is 0.111. The Morgan fingerprint density at radius 1 is 1.47 bits per heavy atom. The van der Waals surface area contributed by atoms with Gasteiger partial charge in [0.05, 0.1) is 11.9 Å². The van der Waals surface area contributed by atoms with Crippen LogP contribution in [0, 0.1) is 5.82 Å². The maximum atomic E-state index is 13.0.